The summed E-state index contributed by atoms with van der Waals surface area (Å²) in [5, 5.41) is 5.86. The first-order chi connectivity index (χ1) is 13.7. The third-order valence-electron chi connectivity index (χ3n) is 4.17. The first kappa shape index (κ1) is 22.5. The van der Waals surface area contributed by atoms with E-state index in [0.717, 1.165) is 10.4 Å². The summed E-state index contributed by atoms with van der Waals surface area (Å²) >= 11 is 1.32. The second-order valence-corrected chi connectivity index (χ2v) is 7.85. The van der Waals surface area contributed by atoms with Gasteiger partial charge in [0.15, 0.2) is 13.1 Å². The molecule has 1 aromatic heterocycles. The molecular weight excluding hydrogens is 397 g/mol. The van der Waals surface area contributed by atoms with Gasteiger partial charge in [0.1, 0.15) is 10.8 Å². The maximum atomic E-state index is 12.9. The highest BCUT2D eigenvalue weighted by Crippen LogP contribution is 2.32. The number of halogens is 1. The van der Waals surface area contributed by atoms with Crippen molar-refractivity contribution in [1.82, 2.24) is 0 Å². The molecule has 2 aromatic rings. The molecule has 9 heteroatoms. The molecule has 0 aliphatic heterocycles. The van der Waals surface area contributed by atoms with Crippen LogP contribution >= 0.6 is 11.3 Å². The van der Waals surface area contributed by atoms with Crippen LogP contribution in [-0.4, -0.2) is 44.5 Å². The second-order valence-electron chi connectivity index (χ2n) is 6.62. The fraction of sp³-hybridized carbons (Fsp3) is 0.350. The van der Waals surface area contributed by atoms with Crippen LogP contribution in [0.4, 0.5) is 15.1 Å². The van der Waals surface area contributed by atoms with Crippen LogP contribution in [0.15, 0.2) is 24.3 Å². The van der Waals surface area contributed by atoms with Crippen molar-refractivity contribution in [2.45, 2.75) is 20.8 Å². The third kappa shape index (κ3) is 6.37. The first-order valence-electron chi connectivity index (χ1n) is 9.15. The van der Waals surface area contributed by atoms with Crippen molar-refractivity contribution in [3.63, 3.8) is 0 Å². The Morgan fingerprint density at radius 1 is 1.07 bits per heavy atom. The molecule has 0 bridgehead atoms. The van der Waals surface area contributed by atoms with Gasteiger partial charge >= 0.3 is 5.97 Å². The van der Waals surface area contributed by atoms with Crippen LogP contribution in [0.2, 0.25) is 0 Å². The minimum absolute atomic E-state index is 0.0368. The number of hydrogen-bond donors (Lipinski definition) is 3. The molecule has 1 atom stereocenters. The first-order valence-corrected chi connectivity index (χ1v) is 9.96. The van der Waals surface area contributed by atoms with Gasteiger partial charge in [0, 0.05) is 10.6 Å². The molecule has 156 valence electrons. The Kier molecular flexibility index (Phi) is 7.86. The lowest BCUT2D eigenvalue weighted by molar-refractivity contribution is -0.862. The number of ether oxygens (including phenoxy) is 1. The quantitative estimate of drug-likeness (QED) is 0.566. The van der Waals surface area contributed by atoms with E-state index in [0.29, 0.717) is 21.2 Å². The normalized spacial score (nSPS) is 11.6. The maximum absolute atomic E-state index is 12.9. The number of benzene rings is 1. The number of rotatable bonds is 8. The number of hydrogen-bond acceptors (Lipinski definition) is 5. The topological polar surface area (TPSA) is 88.9 Å². The van der Waals surface area contributed by atoms with Gasteiger partial charge in [0.05, 0.1) is 19.2 Å². The minimum atomic E-state index is -0.468. The van der Waals surface area contributed by atoms with Gasteiger partial charge in [-0.15, -0.1) is 11.3 Å². The van der Waals surface area contributed by atoms with Crippen LogP contribution < -0.4 is 15.5 Å². The summed E-state index contributed by atoms with van der Waals surface area (Å²) in [4.78, 5) is 38.3. The van der Waals surface area contributed by atoms with Gasteiger partial charge in [-0.1, -0.05) is 0 Å². The van der Waals surface area contributed by atoms with Crippen LogP contribution in [0.3, 0.4) is 0 Å². The Hall–Kier alpha value is -2.78. The molecular formula is C20H25FN3O4S+. The number of likely N-dealkylation sites (N-methyl/N-ethyl adjacent to an activating group) is 1. The van der Waals surface area contributed by atoms with Gasteiger partial charge in [-0.2, -0.15) is 0 Å². The molecule has 0 aliphatic carbocycles. The molecule has 0 aliphatic rings. The van der Waals surface area contributed by atoms with Crippen LogP contribution in [0, 0.1) is 19.7 Å². The van der Waals surface area contributed by atoms with Crippen molar-refractivity contribution in [1.29, 1.82) is 0 Å². The van der Waals surface area contributed by atoms with E-state index in [-0.39, 0.29) is 37.3 Å². The van der Waals surface area contributed by atoms with E-state index in [1.54, 1.807) is 14.0 Å². The van der Waals surface area contributed by atoms with Gasteiger partial charge < -0.3 is 20.3 Å². The van der Waals surface area contributed by atoms with E-state index in [1.165, 1.54) is 35.6 Å². The number of carbonyl (C=O) groups is 3. The molecule has 7 nitrogen and oxygen atoms in total. The maximum Gasteiger partial charge on any atom is 0.341 e. The van der Waals surface area contributed by atoms with E-state index in [2.05, 4.69) is 10.6 Å². The molecule has 2 rings (SSSR count). The van der Waals surface area contributed by atoms with Crippen molar-refractivity contribution >= 4 is 39.8 Å². The summed E-state index contributed by atoms with van der Waals surface area (Å²) in [5.41, 5.74) is 1.63. The fourth-order valence-electron chi connectivity index (χ4n) is 2.68. The third-order valence-corrected chi connectivity index (χ3v) is 5.29. The summed E-state index contributed by atoms with van der Waals surface area (Å²) in [6.45, 7) is 5.74. The zero-order valence-electron chi connectivity index (χ0n) is 16.8. The lowest BCUT2D eigenvalue weighted by Crippen LogP contribution is -3.11. The summed E-state index contributed by atoms with van der Waals surface area (Å²) in [6.07, 6.45) is 0. The molecule has 0 saturated carbocycles. The summed E-state index contributed by atoms with van der Waals surface area (Å²) in [7, 11) is 1.71. The number of anilines is 2. The van der Waals surface area contributed by atoms with Gasteiger partial charge in [0.2, 0.25) is 0 Å². The van der Waals surface area contributed by atoms with Gasteiger partial charge in [0.25, 0.3) is 11.8 Å². The smallest absolute Gasteiger partial charge is 0.341 e. The average molecular weight is 423 g/mol. The average Bonchev–Trinajstić information content (AvgIpc) is 2.90. The predicted octanol–water partition coefficient (Wildman–Crippen LogP) is 1.77. The van der Waals surface area contributed by atoms with Crippen molar-refractivity contribution in [2.75, 3.05) is 37.4 Å². The number of esters is 1. The lowest BCUT2D eigenvalue weighted by Gasteiger charge is -2.14. The Labute approximate surface area is 172 Å². The summed E-state index contributed by atoms with van der Waals surface area (Å²) in [5.74, 6) is -1.46. The molecule has 0 saturated heterocycles. The Morgan fingerprint density at radius 2 is 1.66 bits per heavy atom. The number of thiophene rings is 1. The summed E-state index contributed by atoms with van der Waals surface area (Å²) < 4.78 is 18.0. The number of aryl methyl sites for hydroxylation is 1. The highest BCUT2D eigenvalue weighted by Gasteiger charge is 2.23. The SMILES string of the molecule is CCOC(=O)c1c(NC(=O)C[NH+](C)CC(=O)Nc2ccc(F)cc2)sc(C)c1C. The van der Waals surface area contributed by atoms with Gasteiger partial charge in [-0.3, -0.25) is 9.59 Å². The van der Waals surface area contributed by atoms with E-state index in [9.17, 15) is 18.8 Å². The number of quaternary nitrogens is 1. The van der Waals surface area contributed by atoms with Crippen molar-refractivity contribution in [3.8, 4) is 0 Å². The van der Waals surface area contributed by atoms with E-state index < -0.39 is 5.97 Å². The van der Waals surface area contributed by atoms with Crippen molar-refractivity contribution in [3.05, 3.63) is 46.1 Å². The largest absolute Gasteiger partial charge is 0.462 e. The van der Waals surface area contributed by atoms with Crippen LogP contribution in [0.1, 0.15) is 27.7 Å². The molecule has 0 spiro atoms. The van der Waals surface area contributed by atoms with E-state index in [1.807, 2.05) is 13.8 Å². The standard InChI is InChI=1S/C20H24FN3O4S/c1-5-28-20(27)18-12(2)13(3)29-19(18)23-17(26)11-24(4)10-16(25)22-15-8-6-14(21)7-9-15/h6-9H,5,10-11H2,1-4H3,(H,22,25)(H,23,26)/p+1. The summed E-state index contributed by atoms with van der Waals surface area (Å²) in [6, 6.07) is 5.44. The Balaban J connectivity index is 1.93. The fourth-order valence-corrected chi connectivity index (χ4v) is 3.75. The van der Waals surface area contributed by atoms with Crippen LogP contribution in [0.25, 0.3) is 0 Å². The van der Waals surface area contributed by atoms with Gasteiger partial charge in [-0.25, -0.2) is 9.18 Å². The monoisotopic (exact) mass is 422 g/mol. The molecule has 1 unspecified atom stereocenters. The van der Waals surface area contributed by atoms with Crippen LogP contribution in [0.5, 0.6) is 0 Å². The Morgan fingerprint density at radius 3 is 2.24 bits per heavy atom. The zero-order valence-corrected chi connectivity index (χ0v) is 17.7. The number of amides is 2. The highest BCUT2D eigenvalue weighted by molar-refractivity contribution is 7.16. The van der Waals surface area contributed by atoms with Crippen molar-refractivity contribution in [2.24, 2.45) is 0 Å². The molecule has 3 N–H and O–H groups in total. The second kappa shape index (κ2) is 10.1. The minimum Gasteiger partial charge on any atom is -0.462 e. The Bertz CT molecular complexity index is 896. The molecule has 29 heavy (non-hydrogen) atoms. The molecule has 0 fully saturated rings. The highest BCUT2D eigenvalue weighted by atomic mass is 32.1. The molecule has 1 aromatic carbocycles. The molecule has 0 radical (unpaired) electrons. The van der Waals surface area contributed by atoms with Crippen LogP contribution in [-0.2, 0) is 14.3 Å². The van der Waals surface area contributed by atoms with E-state index >= 15 is 0 Å². The predicted molar refractivity (Wildman–Crippen MR) is 110 cm³/mol. The van der Waals surface area contributed by atoms with Gasteiger partial charge in [-0.05, 0) is 50.6 Å². The van der Waals surface area contributed by atoms with Crippen molar-refractivity contribution < 1.29 is 28.4 Å². The lowest BCUT2D eigenvalue weighted by atomic mass is 10.1. The number of nitrogens with one attached hydrogen (secondary N) is 3. The zero-order chi connectivity index (χ0) is 21.6. The number of carbonyl (C=O) groups excluding carboxylic acids is 3. The molecule has 2 amide bonds. The van der Waals surface area contributed by atoms with E-state index in [4.69, 9.17) is 4.74 Å². The molecule has 1 heterocycles.